The summed E-state index contributed by atoms with van der Waals surface area (Å²) in [6, 6.07) is 13.5. The smallest absolute Gasteiger partial charge is 0.315 e. The maximum atomic E-state index is 11.7. The molecule has 3 aromatic rings. The van der Waals surface area contributed by atoms with Crippen molar-refractivity contribution in [3.05, 3.63) is 65.6 Å². The highest BCUT2D eigenvalue weighted by molar-refractivity contribution is 7.13. The lowest BCUT2D eigenvalue weighted by atomic mass is 10.2. The van der Waals surface area contributed by atoms with Gasteiger partial charge >= 0.3 is 6.03 Å². The molecule has 0 radical (unpaired) electrons. The standard InChI is InChI=1S/C17H17N3O2S/c21-17(19-11-15-7-4-10-22-15)18-9-8-14-12-23-16(20-14)13-5-2-1-3-6-13/h1-7,10,12H,8-9,11H2,(H2,18,19,21). The summed E-state index contributed by atoms with van der Waals surface area (Å²) < 4.78 is 5.15. The Morgan fingerprint density at radius 1 is 1.13 bits per heavy atom. The fraction of sp³-hybridized carbons (Fsp3) is 0.176. The van der Waals surface area contributed by atoms with Crippen molar-refractivity contribution in [3.8, 4) is 10.6 Å². The first kappa shape index (κ1) is 15.3. The number of urea groups is 1. The molecule has 6 heteroatoms. The van der Waals surface area contributed by atoms with Crippen molar-refractivity contribution >= 4 is 17.4 Å². The third kappa shape index (κ3) is 4.43. The number of carbonyl (C=O) groups is 1. The fourth-order valence-electron chi connectivity index (χ4n) is 2.08. The van der Waals surface area contributed by atoms with Crippen molar-refractivity contribution in [2.24, 2.45) is 0 Å². The average molecular weight is 327 g/mol. The Hall–Kier alpha value is -2.60. The molecule has 0 aliphatic heterocycles. The maximum Gasteiger partial charge on any atom is 0.315 e. The SMILES string of the molecule is O=C(NCCc1csc(-c2ccccc2)n1)NCc1ccco1. The van der Waals surface area contributed by atoms with Crippen molar-refractivity contribution in [1.29, 1.82) is 0 Å². The van der Waals surface area contributed by atoms with E-state index in [0.29, 0.717) is 19.5 Å². The molecule has 5 nitrogen and oxygen atoms in total. The third-order valence-electron chi connectivity index (χ3n) is 3.24. The van der Waals surface area contributed by atoms with Crippen LogP contribution < -0.4 is 10.6 Å². The molecule has 0 aliphatic rings. The van der Waals surface area contributed by atoms with Crippen LogP contribution in [0.5, 0.6) is 0 Å². The summed E-state index contributed by atoms with van der Waals surface area (Å²) in [5.41, 5.74) is 2.10. The van der Waals surface area contributed by atoms with Gasteiger partial charge in [0.1, 0.15) is 10.8 Å². The Morgan fingerprint density at radius 3 is 2.78 bits per heavy atom. The molecule has 118 valence electrons. The van der Waals surface area contributed by atoms with E-state index in [4.69, 9.17) is 4.42 Å². The van der Waals surface area contributed by atoms with Gasteiger partial charge in [-0.2, -0.15) is 0 Å². The summed E-state index contributed by atoms with van der Waals surface area (Å²) in [5.74, 6) is 0.729. The van der Waals surface area contributed by atoms with Gasteiger partial charge < -0.3 is 15.1 Å². The highest BCUT2D eigenvalue weighted by Gasteiger charge is 2.05. The van der Waals surface area contributed by atoms with Crippen molar-refractivity contribution in [1.82, 2.24) is 15.6 Å². The minimum Gasteiger partial charge on any atom is -0.467 e. The lowest BCUT2D eigenvalue weighted by molar-refractivity contribution is 0.239. The topological polar surface area (TPSA) is 67.2 Å². The number of hydrogen-bond acceptors (Lipinski definition) is 4. The number of aromatic nitrogens is 1. The van der Waals surface area contributed by atoms with E-state index in [1.165, 1.54) is 0 Å². The second kappa shape index (κ2) is 7.60. The number of thiazole rings is 1. The Balaban J connectivity index is 1.42. The largest absolute Gasteiger partial charge is 0.467 e. The van der Waals surface area contributed by atoms with Crippen LogP contribution in [0.25, 0.3) is 10.6 Å². The van der Waals surface area contributed by atoms with Crippen LogP contribution in [0.1, 0.15) is 11.5 Å². The summed E-state index contributed by atoms with van der Waals surface area (Å²) in [6.07, 6.45) is 2.29. The van der Waals surface area contributed by atoms with E-state index in [2.05, 4.69) is 15.6 Å². The molecule has 0 saturated heterocycles. The third-order valence-corrected chi connectivity index (χ3v) is 4.18. The van der Waals surface area contributed by atoms with E-state index in [-0.39, 0.29) is 6.03 Å². The Labute approximate surface area is 138 Å². The molecule has 2 amide bonds. The molecule has 1 aromatic carbocycles. The van der Waals surface area contributed by atoms with Crippen molar-refractivity contribution < 1.29 is 9.21 Å². The zero-order valence-corrected chi connectivity index (χ0v) is 13.3. The van der Waals surface area contributed by atoms with Gasteiger partial charge in [0.15, 0.2) is 0 Å². The highest BCUT2D eigenvalue weighted by atomic mass is 32.1. The number of hydrogen-bond donors (Lipinski definition) is 2. The molecule has 0 saturated carbocycles. The summed E-state index contributed by atoms with van der Waals surface area (Å²) in [7, 11) is 0. The van der Waals surface area contributed by atoms with Crippen LogP contribution in [-0.2, 0) is 13.0 Å². The van der Waals surface area contributed by atoms with Gasteiger partial charge in [0.2, 0.25) is 0 Å². The molecule has 2 heterocycles. The number of carbonyl (C=O) groups excluding carboxylic acids is 1. The molecule has 23 heavy (non-hydrogen) atoms. The Bertz CT molecular complexity index is 738. The minimum absolute atomic E-state index is 0.208. The van der Waals surface area contributed by atoms with Crippen LogP contribution in [0.4, 0.5) is 4.79 Å². The lowest BCUT2D eigenvalue weighted by Crippen LogP contribution is -2.36. The first-order valence-corrected chi connectivity index (χ1v) is 8.23. The average Bonchev–Trinajstić information content (AvgIpc) is 3.26. The van der Waals surface area contributed by atoms with E-state index >= 15 is 0 Å². The van der Waals surface area contributed by atoms with E-state index in [9.17, 15) is 4.79 Å². The monoisotopic (exact) mass is 327 g/mol. The Morgan fingerprint density at radius 2 is 2.00 bits per heavy atom. The predicted molar refractivity (Wildman–Crippen MR) is 90.2 cm³/mol. The molecule has 0 fully saturated rings. The fourth-order valence-corrected chi connectivity index (χ4v) is 2.94. The van der Waals surface area contributed by atoms with Gasteiger partial charge in [0, 0.05) is 23.9 Å². The zero-order chi connectivity index (χ0) is 15.9. The second-order valence-corrected chi connectivity index (χ2v) is 5.81. The minimum atomic E-state index is -0.208. The van der Waals surface area contributed by atoms with Crippen LogP contribution in [-0.4, -0.2) is 17.6 Å². The van der Waals surface area contributed by atoms with Gasteiger partial charge in [-0.05, 0) is 12.1 Å². The van der Waals surface area contributed by atoms with Crippen LogP contribution in [0.3, 0.4) is 0 Å². The normalized spacial score (nSPS) is 10.4. The molecule has 0 atom stereocenters. The lowest BCUT2D eigenvalue weighted by Gasteiger charge is -2.05. The van der Waals surface area contributed by atoms with Gasteiger partial charge in [0.05, 0.1) is 18.5 Å². The highest BCUT2D eigenvalue weighted by Crippen LogP contribution is 2.23. The van der Waals surface area contributed by atoms with Crippen LogP contribution in [0.15, 0.2) is 58.5 Å². The molecule has 0 unspecified atom stereocenters. The van der Waals surface area contributed by atoms with Crippen LogP contribution in [0, 0.1) is 0 Å². The first-order valence-electron chi connectivity index (χ1n) is 7.35. The summed E-state index contributed by atoms with van der Waals surface area (Å²) in [5, 5.41) is 8.59. The van der Waals surface area contributed by atoms with Crippen molar-refractivity contribution in [3.63, 3.8) is 0 Å². The van der Waals surface area contributed by atoms with Crippen molar-refractivity contribution in [2.75, 3.05) is 6.54 Å². The molecule has 2 aromatic heterocycles. The summed E-state index contributed by atoms with van der Waals surface area (Å²) >= 11 is 1.62. The molecular weight excluding hydrogens is 310 g/mol. The zero-order valence-electron chi connectivity index (χ0n) is 12.5. The maximum absolute atomic E-state index is 11.7. The number of benzene rings is 1. The van der Waals surface area contributed by atoms with Gasteiger partial charge in [-0.25, -0.2) is 9.78 Å². The Kier molecular flexibility index (Phi) is 5.06. The molecule has 3 rings (SSSR count). The second-order valence-electron chi connectivity index (χ2n) is 4.95. The number of amides is 2. The summed E-state index contributed by atoms with van der Waals surface area (Å²) in [4.78, 5) is 16.3. The number of nitrogens with one attached hydrogen (secondary N) is 2. The molecule has 0 bridgehead atoms. The van der Waals surface area contributed by atoms with Gasteiger partial charge in [0.25, 0.3) is 0 Å². The molecule has 0 aliphatic carbocycles. The number of rotatable bonds is 6. The number of furan rings is 1. The van der Waals surface area contributed by atoms with E-state index in [0.717, 1.165) is 22.0 Å². The molecular formula is C17H17N3O2S. The van der Waals surface area contributed by atoms with Crippen molar-refractivity contribution in [2.45, 2.75) is 13.0 Å². The van der Waals surface area contributed by atoms with Gasteiger partial charge in [-0.15, -0.1) is 11.3 Å². The summed E-state index contributed by atoms with van der Waals surface area (Å²) in [6.45, 7) is 0.926. The predicted octanol–water partition coefficient (Wildman–Crippen LogP) is 3.45. The van der Waals surface area contributed by atoms with E-state index in [1.807, 2.05) is 41.8 Å². The molecule has 2 N–H and O–H groups in total. The van der Waals surface area contributed by atoms with E-state index in [1.54, 1.807) is 23.7 Å². The van der Waals surface area contributed by atoms with Gasteiger partial charge in [-0.1, -0.05) is 30.3 Å². The molecule has 0 spiro atoms. The quantitative estimate of drug-likeness (QED) is 0.729. The van der Waals surface area contributed by atoms with Crippen LogP contribution >= 0.6 is 11.3 Å². The number of nitrogens with zero attached hydrogens (tertiary/aromatic N) is 1. The first-order chi connectivity index (χ1) is 11.3. The van der Waals surface area contributed by atoms with Crippen LogP contribution in [0.2, 0.25) is 0 Å². The van der Waals surface area contributed by atoms with Gasteiger partial charge in [-0.3, -0.25) is 0 Å². The van der Waals surface area contributed by atoms with E-state index < -0.39 is 0 Å².